The molecule has 0 saturated heterocycles. The highest BCUT2D eigenvalue weighted by Gasteiger charge is 2.36. The third-order valence-corrected chi connectivity index (χ3v) is 4.61. The smallest absolute Gasteiger partial charge is 0.416 e. The summed E-state index contributed by atoms with van der Waals surface area (Å²) in [6.07, 6.45) is -3.92. The van der Waals surface area contributed by atoms with Gasteiger partial charge in [-0.15, -0.1) is 0 Å². The zero-order valence-electron chi connectivity index (χ0n) is 18.0. The molecular formula is C24H19F6N3O2. The Morgan fingerprint density at radius 3 is 2.06 bits per heavy atom. The fourth-order valence-electron chi connectivity index (χ4n) is 2.91. The summed E-state index contributed by atoms with van der Waals surface area (Å²) in [6, 6.07) is 10.5. The predicted molar refractivity (Wildman–Crippen MR) is 116 cm³/mol. The number of ether oxygens (including phenoxy) is 1. The van der Waals surface area contributed by atoms with Gasteiger partial charge in [0, 0.05) is 24.5 Å². The number of carbonyl (C=O) groups excluding carboxylic acids is 1. The summed E-state index contributed by atoms with van der Waals surface area (Å²) in [5.41, 5.74) is -1.62. The number of halogens is 6. The third kappa shape index (κ3) is 8.13. The fourth-order valence-corrected chi connectivity index (χ4v) is 2.91. The van der Waals surface area contributed by atoms with E-state index in [4.69, 9.17) is 4.74 Å². The van der Waals surface area contributed by atoms with E-state index in [1.165, 1.54) is 12.4 Å². The molecule has 1 aromatic heterocycles. The molecule has 0 bridgehead atoms. The normalized spacial score (nSPS) is 12.1. The largest absolute Gasteiger partial charge is 0.461 e. The zero-order chi connectivity index (χ0) is 25.5. The number of hydrogen-bond acceptors (Lipinski definition) is 5. The highest BCUT2D eigenvalue weighted by atomic mass is 19.4. The number of rotatable bonds is 8. The quantitative estimate of drug-likeness (QED) is 0.295. The van der Waals surface area contributed by atoms with E-state index in [1.807, 2.05) is 30.3 Å². The van der Waals surface area contributed by atoms with Crippen LogP contribution in [0.2, 0.25) is 0 Å². The summed E-state index contributed by atoms with van der Waals surface area (Å²) in [4.78, 5) is 19.7. The van der Waals surface area contributed by atoms with Crippen molar-refractivity contribution < 1.29 is 35.9 Å². The Labute approximate surface area is 196 Å². The lowest BCUT2D eigenvalue weighted by Crippen LogP contribution is -2.13. The van der Waals surface area contributed by atoms with E-state index in [0.717, 1.165) is 5.56 Å². The van der Waals surface area contributed by atoms with Crippen LogP contribution in [0.4, 0.5) is 32.3 Å². The first-order chi connectivity index (χ1) is 16.5. The molecule has 1 heterocycles. The molecule has 35 heavy (non-hydrogen) atoms. The van der Waals surface area contributed by atoms with Crippen LogP contribution < -0.4 is 5.32 Å². The molecule has 3 rings (SSSR count). The van der Waals surface area contributed by atoms with Crippen molar-refractivity contribution >= 4 is 18.0 Å². The van der Waals surface area contributed by atoms with E-state index in [9.17, 15) is 31.1 Å². The molecular weight excluding hydrogens is 476 g/mol. The molecule has 0 unspecified atom stereocenters. The van der Waals surface area contributed by atoms with Crippen molar-refractivity contribution in [2.75, 3.05) is 5.32 Å². The number of benzene rings is 2. The van der Waals surface area contributed by atoms with Crippen LogP contribution in [-0.2, 0) is 35.0 Å². The number of alkyl halides is 6. The van der Waals surface area contributed by atoms with E-state index >= 15 is 0 Å². The van der Waals surface area contributed by atoms with Gasteiger partial charge in [0.05, 0.1) is 17.5 Å². The van der Waals surface area contributed by atoms with E-state index < -0.39 is 29.4 Å². The van der Waals surface area contributed by atoms with Gasteiger partial charge in [-0.25, -0.2) is 9.97 Å². The van der Waals surface area contributed by atoms with E-state index in [0.29, 0.717) is 17.7 Å². The Balaban J connectivity index is 1.54. The third-order valence-electron chi connectivity index (χ3n) is 4.61. The summed E-state index contributed by atoms with van der Waals surface area (Å²) in [7, 11) is 0. The molecule has 0 saturated carbocycles. The average Bonchev–Trinajstić information content (AvgIpc) is 2.81. The second-order valence-corrected chi connectivity index (χ2v) is 7.36. The first-order valence-corrected chi connectivity index (χ1v) is 10.2. The van der Waals surface area contributed by atoms with E-state index in [-0.39, 0.29) is 37.2 Å². The topological polar surface area (TPSA) is 64.1 Å². The van der Waals surface area contributed by atoms with Crippen LogP contribution in [0.1, 0.15) is 34.2 Å². The van der Waals surface area contributed by atoms with Crippen LogP contribution in [0.25, 0.3) is 6.08 Å². The molecule has 5 nitrogen and oxygen atoms in total. The molecule has 0 aliphatic heterocycles. The van der Waals surface area contributed by atoms with Gasteiger partial charge in [0.15, 0.2) is 0 Å². The van der Waals surface area contributed by atoms with Crippen molar-refractivity contribution in [3.63, 3.8) is 0 Å². The molecule has 2 aromatic carbocycles. The van der Waals surface area contributed by atoms with Crippen molar-refractivity contribution in [2.24, 2.45) is 0 Å². The van der Waals surface area contributed by atoms with Crippen LogP contribution in [-0.4, -0.2) is 15.9 Å². The fraction of sp³-hybridized carbons (Fsp3) is 0.208. The maximum absolute atomic E-state index is 13.0. The second-order valence-electron chi connectivity index (χ2n) is 7.36. The van der Waals surface area contributed by atoms with Crippen LogP contribution in [0.5, 0.6) is 0 Å². The Bertz CT molecular complexity index is 1130. The summed E-state index contributed by atoms with van der Waals surface area (Å²) < 4.78 is 83.0. The maximum Gasteiger partial charge on any atom is 0.416 e. The number of hydrogen-bond donors (Lipinski definition) is 1. The van der Waals surface area contributed by atoms with Crippen molar-refractivity contribution in [1.82, 2.24) is 9.97 Å². The number of nitrogens with zero attached hydrogens (tertiary/aromatic N) is 2. The summed E-state index contributed by atoms with van der Waals surface area (Å²) >= 11 is 0. The number of nitrogens with one attached hydrogen (secondary N) is 1. The molecule has 0 radical (unpaired) electrons. The first kappa shape index (κ1) is 25.7. The number of anilines is 1. The van der Waals surface area contributed by atoms with Gasteiger partial charge < -0.3 is 10.1 Å². The van der Waals surface area contributed by atoms with Crippen LogP contribution in [0.15, 0.2) is 67.0 Å². The molecule has 0 atom stereocenters. The van der Waals surface area contributed by atoms with Gasteiger partial charge in [0.2, 0.25) is 5.95 Å². The van der Waals surface area contributed by atoms with Gasteiger partial charge in [-0.3, -0.25) is 4.79 Å². The van der Waals surface area contributed by atoms with Crippen molar-refractivity contribution in [1.29, 1.82) is 0 Å². The lowest BCUT2D eigenvalue weighted by Gasteiger charge is -2.14. The lowest BCUT2D eigenvalue weighted by atomic mass is 10.0. The molecule has 1 N–H and O–H groups in total. The van der Waals surface area contributed by atoms with Gasteiger partial charge in [-0.1, -0.05) is 42.5 Å². The van der Waals surface area contributed by atoms with Crippen molar-refractivity contribution in [2.45, 2.75) is 31.9 Å². The van der Waals surface area contributed by atoms with Gasteiger partial charge in [-0.05, 0) is 29.3 Å². The lowest BCUT2D eigenvalue weighted by molar-refractivity contribution is -0.144. The Morgan fingerprint density at radius 2 is 1.49 bits per heavy atom. The van der Waals surface area contributed by atoms with E-state index in [1.54, 1.807) is 12.2 Å². The van der Waals surface area contributed by atoms with Gasteiger partial charge >= 0.3 is 18.3 Å². The zero-order valence-corrected chi connectivity index (χ0v) is 18.0. The minimum absolute atomic E-state index is 0.00962. The molecule has 0 aliphatic rings. The Morgan fingerprint density at radius 1 is 0.886 bits per heavy atom. The Hall–Kier alpha value is -3.89. The number of carbonyl (C=O) groups is 1. The van der Waals surface area contributed by atoms with Gasteiger partial charge in [-0.2, -0.15) is 26.3 Å². The second kappa shape index (κ2) is 11.0. The molecule has 3 aromatic rings. The highest BCUT2D eigenvalue weighted by molar-refractivity contribution is 5.72. The van der Waals surface area contributed by atoms with Crippen LogP contribution >= 0.6 is 0 Å². The van der Waals surface area contributed by atoms with Crippen molar-refractivity contribution in [3.05, 3.63) is 94.8 Å². The standard InChI is InChI=1S/C24H19F6N3O2/c25-23(26,27)19-9-18(10-20(11-19)24(28,29)30)14-33-22-31-12-17(13-32-22)7-4-8-21(34)35-15-16-5-2-1-3-6-16/h1-7,9-13H,8,14-15H2,(H,31,32,33). The number of aromatic nitrogens is 2. The van der Waals surface area contributed by atoms with E-state index in [2.05, 4.69) is 15.3 Å². The minimum Gasteiger partial charge on any atom is -0.461 e. The summed E-state index contributed by atoms with van der Waals surface area (Å²) in [5.74, 6) is -0.418. The molecule has 0 fully saturated rings. The van der Waals surface area contributed by atoms with Crippen LogP contribution in [0.3, 0.4) is 0 Å². The highest BCUT2D eigenvalue weighted by Crippen LogP contribution is 2.36. The predicted octanol–water partition coefficient (Wildman–Crippen LogP) is 6.27. The Kier molecular flexibility index (Phi) is 8.10. The monoisotopic (exact) mass is 495 g/mol. The van der Waals surface area contributed by atoms with Gasteiger partial charge in [0.25, 0.3) is 0 Å². The first-order valence-electron chi connectivity index (χ1n) is 10.2. The summed E-state index contributed by atoms with van der Waals surface area (Å²) in [6.45, 7) is -0.192. The van der Waals surface area contributed by atoms with Crippen LogP contribution in [0, 0.1) is 0 Å². The minimum atomic E-state index is -4.92. The SMILES string of the molecule is O=C(CC=Cc1cnc(NCc2cc(C(F)(F)F)cc(C(F)(F)F)c2)nc1)OCc1ccccc1. The van der Waals surface area contributed by atoms with Gasteiger partial charge in [0.1, 0.15) is 6.61 Å². The van der Waals surface area contributed by atoms with Crippen molar-refractivity contribution in [3.8, 4) is 0 Å². The molecule has 0 amide bonds. The maximum atomic E-state index is 13.0. The number of esters is 1. The molecule has 184 valence electrons. The molecule has 11 heteroatoms. The average molecular weight is 495 g/mol. The summed E-state index contributed by atoms with van der Waals surface area (Å²) in [5, 5.41) is 2.60. The molecule has 0 spiro atoms. The molecule has 0 aliphatic carbocycles.